The molecule has 3 rings (SSSR count). The third-order valence-electron chi connectivity index (χ3n) is 3.88. The van der Waals surface area contributed by atoms with Crippen molar-refractivity contribution in [3.63, 3.8) is 0 Å². The zero-order chi connectivity index (χ0) is 17.8. The number of carbonyl (C=O) groups is 2. The number of nitrogens with one attached hydrogen (secondary N) is 2. The van der Waals surface area contributed by atoms with Gasteiger partial charge in [0.05, 0.1) is 19.2 Å². The van der Waals surface area contributed by atoms with E-state index in [0.29, 0.717) is 27.6 Å². The van der Waals surface area contributed by atoms with Crippen molar-refractivity contribution < 1.29 is 14.3 Å². The van der Waals surface area contributed by atoms with Gasteiger partial charge in [-0.15, -0.1) is 0 Å². The lowest BCUT2D eigenvalue weighted by molar-refractivity contribution is 0.0905. The van der Waals surface area contributed by atoms with Crippen LogP contribution in [0.1, 0.15) is 20.7 Å². The van der Waals surface area contributed by atoms with Gasteiger partial charge in [-0.2, -0.15) is 0 Å². The maximum Gasteiger partial charge on any atom is 0.255 e. The van der Waals surface area contributed by atoms with E-state index in [-0.39, 0.29) is 17.9 Å². The molecule has 2 N–H and O–H groups in total. The molecule has 0 aliphatic rings. The molecule has 0 aliphatic heterocycles. The Kier molecular flexibility index (Phi) is 4.61. The number of amides is 1. The fourth-order valence-electron chi connectivity index (χ4n) is 2.53. The molecule has 0 saturated heterocycles. The molecule has 0 radical (unpaired) electrons. The van der Waals surface area contributed by atoms with Gasteiger partial charge in [0.2, 0.25) is 0 Å². The summed E-state index contributed by atoms with van der Waals surface area (Å²) in [5.74, 6) is 0.0133. The molecular weight excluding hydrogens is 320 g/mol. The lowest BCUT2D eigenvalue weighted by atomic mass is 10.1. The Morgan fingerprint density at radius 1 is 1.04 bits per heavy atom. The molecule has 25 heavy (non-hydrogen) atoms. The van der Waals surface area contributed by atoms with Crippen LogP contribution in [0.15, 0.2) is 59.5 Å². The van der Waals surface area contributed by atoms with E-state index in [4.69, 9.17) is 4.74 Å². The zero-order valence-electron chi connectivity index (χ0n) is 13.5. The van der Waals surface area contributed by atoms with Crippen LogP contribution in [0.25, 0.3) is 10.8 Å². The summed E-state index contributed by atoms with van der Waals surface area (Å²) in [6, 6.07) is 13.5. The highest BCUT2D eigenvalue weighted by atomic mass is 16.5. The number of hydrogen-bond acceptors (Lipinski definition) is 4. The van der Waals surface area contributed by atoms with Crippen molar-refractivity contribution in [2.75, 3.05) is 13.7 Å². The van der Waals surface area contributed by atoms with Crippen molar-refractivity contribution in [2.45, 2.75) is 0 Å². The van der Waals surface area contributed by atoms with E-state index in [9.17, 15) is 14.4 Å². The molecule has 0 atom stereocenters. The molecular formula is C19H16N2O4. The lowest BCUT2D eigenvalue weighted by Gasteiger charge is -2.08. The molecule has 126 valence electrons. The Labute approximate surface area is 143 Å². The normalized spacial score (nSPS) is 10.4. The monoisotopic (exact) mass is 336 g/mol. The van der Waals surface area contributed by atoms with Gasteiger partial charge in [-0.25, -0.2) is 0 Å². The number of benzene rings is 2. The molecule has 0 bridgehead atoms. The SMILES string of the molecule is COc1ccc(C(=O)CNC(=O)c2c[nH]c(=O)c3ccccc23)cc1. The number of fused-ring (bicyclic) bond motifs is 1. The summed E-state index contributed by atoms with van der Waals surface area (Å²) in [7, 11) is 1.55. The minimum Gasteiger partial charge on any atom is -0.497 e. The fourth-order valence-corrected chi connectivity index (χ4v) is 2.53. The third-order valence-corrected chi connectivity index (χ3v) is 3.88. The van der Waals surface area contributed by atoms with Crippen molar-refractivity contribution in [3.05, 3.63) is 76.2 Å². The van der Waals surface area contributed by atoms with Crippen molar-refractivity contribution in [1.82, 2.24) is 10.3 Å². The smallest absolute Gasteiger partial charge is 0.255 e. The van der Waals surface area contributed by atoms with Crippen LogP contribution in [0, 0.1) is 0 Å². The number of aromatic nitrogens is 1. The predicted molar refractivity (Wildman–Crippen MR) is 94.2 cm³/mol. The number of pyridine rings is 1. The van der Waals surface area contributed by atoms with Gasteiger partial charge in [0.1, 0.15) is 5.75 Å². The molecule has 2 aromatic carbocycles. The second-order valence-corrected chi connectivity index (χ2v) is 5.41. The van der Waals surface area contributed by atoms with Gasteiger partial charge < -0.3 is 15.0 Å². The van der Waals surface area contributed by atoms with Gasteiger partial charge in [-0.05, 0) is 30.3 Å². The summed E-state index contributed by atoms with van der Waals surface area (Å²) < 4.78 is 5.05. The maximum atomic E-state index is 12.4. The number of rotatable bonds is 5. The standard InChI is InChI=1S/C19H16N2O4/c1-25-13-8-6-12(7-9-13)17(22)11-21-19(24)16-10-20-18(23)15-5-3-2-4-14(15)16/h2-10H,11H2,1H3,(H,20,23)(H,21,24). The number of H-pyrrole nitrogens is 1. The van der Waals surface area contributed by atoms with Gasteiger partial charge in [0.15, 0.2) is 5.78 Å². The van der Waals surface area contributed by atoms with E-state index in [2.05, 4.69) is 10.3 Å². The highest BCUT2D eigenvalue weighted by molar-refractivity contribution is 6.08. The summed E-state index contributed by atoms with van der Waals surface area (Å²) in [5.41, 5.74) is 0.534. The van der Waals surface area contributed by atoms with Crippen LogP contribution in [0.3, 0.4) is 0 Å². The number of methoxy groups -OCH3 is 1. The molecule has 0 unspecified atom stereocenters. The van der Waals surface area contributed by atoms with Gasteiger partial charge in [0, 0.05) is 22.5 Å². The topological polar surface area (TPSA) is 88.3 Å². The van der Waals surface area contributed by atoms with Crippen LogP contribution >= 0.6 is 0 Å². The van der Waals surface area contributed by atoms with Gasteiger partial charge >= 0.3 is 0 Å². The van der Waals surface area contributed by atoms with Gasteiger partial charge in [-0.3, -0.25) is 14.4 Å². The average molecular weight is 336 g/mol. The van der Waals surface area contributed by atoms with Crippen LogP contribution in [-0.2, 0) is 0 Å². The van der Waals surface area contributed by atoms with Gasteiger partial charge in [-0.1, -0.05) is 18.2 Å². The van der Waals surface area contributed by atoms with Crippen LogP contribution in [0.2, 0.25) is 0 Å². The van der Waals surface area contributed by atoms with Crippen LogP contribution < -0.4 is 15.6 Å². The molecule has 6 heteroatoms. The summed E-state index contributed by atoms with van der Waals surface area (Å²) in [4.78, 5) is 38.9. The second kappa shape index (κ2) is 7.00. The first-order chi connectivity index (χ1) is 12.1. The number of ketones is 1. The number of Topliss-reactive ketones (excluding diaryl/α,β-unsaturated/α-hetero) is 1. The van der Waals surface area contributed by atoms with E-state index in [1.807, 2.05) is 0 Å². The molecule has 1 amide bonds. The van der Waals surface area contributed by atoms with E-state index in [1.54, 1.807) is 55.6 Å². The first-order valence-corrected chi connectivity index (χ1v) is 7.66. The Hall–Kier alpha value is -3.41. The number of carbonyl (C=O) groups excluding carboxylic acids is 2. The van der Waals surface area contributed by atoms with Crippen LogP contribution in [0.4, 0.5) is 0 Å². The van der Waals surface area contributed by atoms with Crippen molar-refractivity contribution in [2.24, 2.45) is 0 Å². The minimum atomic E-state index is -0.422. The lowest BCUT2D eigenvalue weighted by Crippen LogP contribution is -2.30. The quantitative estimate of drug-likeness (QED) is 0.699. The number of aromatic amines is 1. The fraction of sp³-hybridized carbons (Fsp3) is 0.105. The first-order valence-electron chi connectivity index (χ1n) is 7.66. The molecule has 6 nitrogen and oxygen atoms in total. The molecule has 0 spiro atoms. The van der Waals surface area contributed by atoms with Crippen LogP contribution in [-0.4, -0.2) is 30.3 Å². The number of ether oxygens (including phenoxy) is 1. The summed E-state index contributed by atoms with van der Waals surface area (Å²) >= 11 is 0. The largest absolute Gasteiger partial charge is 0.497 e. The summed E-state index contributed by atoms with van der Waals surface area (Å²) in [6.07, 6.45) is 1.36. The predicted octanol–water partition coefficient (Wildman–Crippen LogP) is 2.15. The van der Waals surface area contributed by atoms with E-state index < -0.39 is 5.91 Å². The zero-order valence-corrected chi connectivity index (χ0v) is 13.5. The minimum absolute atomic E-state index is 0.140. The summed E-state index contributed by atoms with van der Waals surface area (Å²) in [5, 5.41) is 3.57. The van der Waals surface area contributed by atoms with E-state index in [0.717, 1.165) is 0 Å². The molecule has 0 fully saturated rings. The Balaban J connectivity index is 1.75. The molecule has 0 aliphatic carbocycles. The first kappa shape index (κ1) is 16.4. The van der Waals surface area contributed by atoms with Crippen LogP contribution in [0.5, 0.6) is 5.75 Å². The maximum absolute atomic E-state index is 12.4. The van der Waals surface area contributed by atoms with Gasteiger partial charge in [0.25, 0.3) is 11.5 Å². The Morgan fingerprint density at radius 2 is 1.72 bits per heavy atom. The molecule has 1 aromatic heterocycles. The van der Waals surface area contributed by atoms with Crippen molar-refractivity contribution in [1.29, 1.82) is 0 Å². The highest BCUT2D eigenvalue weighted by Crippen LogP contribution is 2.14. The molecule has 3 aromatic rings. The Bertz CT molecular complexity index is 990. The second-order valence-electron chi connectivity index (χ2n) is 5.41. The van der Waals surface area contributed by atoms with Crippen molar-refractivity contribution >= 4 is 22.5 Å². The number of hydrogen-bond donors (Lipinski definition) is 2. The third kappa shape index (κ3) is 3.42. The molecule has 1 heterocycles. The summed E-state index contributed by atoms with van der Waals surface area (Å²) in [6.45, 7) is -0.140. The van der Waals surface area contributed by atoms with Crippen molar-refractivity contribution in [3.8, 4) is 5.75 Å². The Morgan fingerprint density at radius 3 is 2.40 bits per heavy atom. The highest BCUT2D eigenvalue weighted by Gasteiger charge is 2.13. The van der Waals surface area contributed by atoms with E-state index >= 15 is 0 Å². The average Bonchev–Trinajstić information content (AvgIpc) is 2.66. The molecule has 0 saturated carbocycles. The van der Waals surface area contributed by atoms with E-state index in [1.165, 1.54) is 6.20 Å².